The van der Waals surface area contributed by atoms with Gasteiger partial charge in [-0.15, -0.1) is 0 Å². The van der Waals surface area contributed by atoms with Crippen molar-refractivity contribution in [3.05, 3.63) is 77.7 Å². The Labute approximate surface area is 167 Å². The molecular formula is C21H19ClN4S. The van der Waals surface area contributed by atoms with Crippen LogP contribution in [0, 0.1) is 0 Å². The number of aromatic nitrogens is 2. The van der Waals surface area contributed by atoms with Crippen LogP contribution in [-0.4, -0.2) is 22.6 Å². The Hall–Kier alpha value is -2.47. The highest BCUT2D eigenvalue weighted by atomic mass is 35.5. The quantitative estimate of drug-likeness (QED) is 0.483. The standard InChI is InChI=1S/C21H19ClN4S/c22-18-5-1-14(2-6-18)9-19(23)12-25-21-26-13-20(27-21)16-3-4-17-11-24-8-7-15(17)10-16/h1-8,10-11,13,19H,9,12,23H2,(H,25,26)/t19-/m0/s1. The number of nitrogens with one attached hydrogen (secondary N) is 1. The molecule has 0 saturated heterocycles. The Bertz CT molecular complexity index is 1050. The van der Waals surface area contributed by atoms with Gasteiger partial charge >= 0.3 is 0 Å². The van der Waals surface area contributed by atoms with Gasteiger partial charge in [0.1, 0.15) is 0 Å². The first-order valence-corrected chi connectivity index (χ1v) is 9.91. The van der Waals surface area contributed by atoms with Crippen LogP contribution in [0.15, 0.2) is 67.1 Å². The molecule has 4 aromatic rings. The zero-order chi connectivity index (χ0) is 18.6. The third kappa shape index (κ3) is 4.45. The van der Waals surface area contributed by atoms with Crippen LogP contribution in [0.2, 0.25) is 5.02 Å². The van der Waals surface area contributed by atoms with E-state index in [4.69, 9.17) is 17.3 Å². The summed E-state index contributed by atoms with van der Waals surface area (Å²) in [5.41, 5.74) is 8.58. The maximum Gasteiger partial charge on any atom is 0.183 e. The van der Waals surface area contributed by atoms with Crippen LogP contribution >= 0.6 is 22.9 Å². The van der Waals surface area contributed by atoms with Crippen molar-refractivity contribution in [2.75, 3.05) is 11.9 Å². The summed E-state index contributed by atoms with van der Waals surface area (Å²) < 4.78 is 0. The van der Waals surface area contributed by atoms with Crippen molar-refractivity contribution >= 4 is 38.8 Å². The van der Waals surface area contributed by atoms with Crippen molar-refractivity contribution in [2.45, 2.75) is 12.5 Å². The number of fused-ring (bicyclic) bond motifs is 1. The van der Waals surface area contributed by atoms with Gasteiger partial charge in [0.2, 0.25) is 0 Å². The van der Waals surface area contributed by atoms with Gasteiger partial charge in [0.25, 0.3) is 0 Å². The van der Waals surface area contributed by atoms with Crippen LogP contribution in [0.3, 0.4) is 0 Å². The van der Waals surface area contributed by atoms with Gasteiger partial charge in [-0.25, -0.2) is 4.98 Å². The van der Waals surface area contributed by atoms with Gasteiger partial charge in [0, 0.05) is 41.6 Å². The van der Waals surface area contributed by atoms with Crippen molar-refractivity contribution in [3.8, 4) is 10.4 Å². The smallest absolute Gasteiger partial charge is 0.183 e. The maximum absolute atomic E-state index is 6.25. The highest BCUT2D eigenvalue weighted by molar-refractivity contribution is 7.18. The third-order valence-electron chi connectivity index (χ3n) is 4.36. The molecule has 0 bridgehead atoms. The molecule has 4 nitrogen and oxygen atoms in total. The zero-order valence-corrected chi connectivity index (χ0v) is 16.2. The van der Waals surface area contributed by atoms with Gasteiger partial charge in [-0.05, 0) is 47.2 Å². The fourth-order valence-corrected chi connectivity index (χ4v) is 3.89. The molecule has 3 N–H and O–H groups in total. The lowest BCUT2D eigenvalue weighted by molar-refractivity contribution is 0.699. The Morgan fingerprint density at radius 1 is 1.04 bits per heavy atom. The number of rotatable bonds is 6. The second kappa shape index (κ2) is 8.05. The van der Waals surface area contributed by atoms with Crippen LogP contribution in [0.5, 0.6) is 0 Å². The molecular weight excluding hydrogens is 376 g/mol. The van der Waals surface area contributed by atoms with Gasteiger partial charge in [0.05, 0.1) is 4.88 Å². The summed E-state index contributed by atoms with van der Waals surface area (Å²) in [5.74, 6) is 0. The minimum absolute atomic E-state index is 0.00620. The summed E-state index contributed by atoms with van der Waals surface area (Å²) in [6.45, 7) is 0.666. The second-order valence-electron chi connectivity index (χ2n) is 6.44. The molecule has 0 saturated carbocycles. The molecule has 0 aliphatic rings. The van der Waals surface area contributed by atoms with Crippen molar-refractivity contribution in [1.29, 1.82) is 0 Å². The fourth-order valence-electron chi connectivity index (χ4n) is 2.94. The van der Waals surface area contributed by atoms with E-state index in [0.29, 0.717) is 6.54 Å². The molecule has 0 fully saturated rings. The number of hydrogen-bond acceptors (Lipinski definition) is 5. The van der Waals surface area contributed by atoms with Crippen molar-refractivity contribution in [3.63, 3.8) is 0 Å². The topological polar surface area (TPSA) is 63.8 Å². The predicted molar refractivity (Wildman–Crippen MR) is 114 cm³/mol. The van der Waals surface area contributed by atoms with Gasteiger partial charge < -0.3 is 11.1 Å². The van der Waals surface area contributed by atoms with Gasteiger partial charge in [-0.2, -0.15) is 0 Å². The summed E-state index contributed by atoms with van der Waals surface area (Å²) >= 11 is 7.55. The molecule has 2 aromatic heterocycles. The highest BCUT2D eigenvalue weighted by Gasteiger charge is 2.08. The summed E-state index contributed by atoms with van der Waals surface area (Å²) in [4.78, 5) is 9.77. The van der Waals surface area contributed by atoms with E-state index < -0.39 is 0 Å². The molecule has 0 radical (unpaired) electrons. The first-order chi connectivity index (χ1) is 13.2. The van der Waals surface area contributed by atoms with Gasteiger partial charge in [-0.1, -0.05) is 47.2 Å². The van der Waals surface area contributed by atoms with Crippen LogP contribution in [0.1, 0.15) is 5.56 Å². The molecule has 0 aliphatic carbocycles. The lowest BCUT2D eigenvalue weighted by Crippen LogP contribution is -2.31. The summed E-state index contributed by atoms with van der Waals surface area (Å²) in [6, 6.07) is 16.2. The van der Waals surface area contributed by atoms with E-state index in [2.05, 4.69) is 33.5 Å². The van der Waals surface area contributed by atoms with Gasteiger partial charge in [0.15, 0.2) is 5.13 Å². The Kier molecular flexibility index (Phi) is 5.34. The van der Waals surface area contributed by atoms with E-state index in [1.54, 1.807) is 11.3 Å². The normalized spacial score (nSPS) is 12.2. The number of halogens is 1. The van der Waals surface area contributed by atoms with E-state index in [1.165, 1.54) is 10.9 Å². The molecule has 1 atom stereocenters. The largest absolute Gasteiger partial charge is 0.360 e. The molecule has 4 rings (SSSR count). The fraction of sp³-hybridized carbons (Fsp3) is 0.143. The van der Waals surface area contributed by atoms with Crippen LogP contribution in [0.25, 0.3) is 21.2 Å². The second-order valence-corrected chi connectivity index (χ2v) is 7.91. The maximum atomic E-state index is 6.25. The Balaban J connectivity index is 1.39. The first kappa shape index (κ1) is 17.9. The van der Waals surface area contributed by atoms with Crippen LogP contribution in [-0.2, 0) is 6.42 Å². The number of benzene rings is 2. The highest BCUT2D eigenvalue weighted by Crippen LogP contribution is 2.30. The average molecular weight is 395 g/mol. The molecule has 2 heterocycles. The summed E-state index contributed by atoms with van der Waals surface area (Å²) in [7, 11) is 0. The lowest BCUT2D eigenvalue weighted by atomic mass is 10.1. The predicted octanol–water partition coefficient (Wildman–Crippen LogP) is 4.99. The molecule has 0 unspecified atom stereocenters. The van der Waals surface area contributed by atoms with Crippen molar-refractivity contribution in [2.24, 2.45) is 5.73 Å². The number of nitrogens with zero attached hydrogens (tertiary/aromatic N) is 2. The average Bonchev–Trinajstić information content (AvgIpc) is 3.17. The van der Waals surface area contributed by atoms with E-state index >= 15 is 0 Å². The number of anilines is 1. The minimum Gasteiger partial charge on any atom is -0.360 e. The molecule has 0 spiro atoms. The molecule has 6 heteroatoms. The Morgan fingerprint density at radius 2 is 1.89 bits per heavy atom. The van der Waals surface area contributed by atoms with E-state index in [-0.39, 0.29) is 6.04 Å². The van der Waals surface area contributed by atoms with E-state index in [9.17, 15) is 0 Å². The number of pyridine rings is 1. The molecule has 0 aliphatic heterocycles. The number of hydrogen-bond donors (Lipinski definition) is 2. The van der Waals surface area contributed by atoms with E-state index in [1.807, 2.05) is 48.9 Å². The minimum atomic E-state index is 0.00620. The monoisotopic (exact) mass is 394 g/mol. The number of nitrogens with two attached hydrogens (primary N) is 1. The third-order valence-corrected chi connectivity index (χ3v) is 5.61. The number of thiazole rings is 1. The summed E-state index contributed by atoms with van der Waals surface area (Å²) in [5, 5.41) is 7.28. The lowest BCUT2D eigenvalue weighted by Gasteiger charge is -2.12. The van der Waals surface area contributed by atoms with Crippen LogP contribution < -0.4 is 11.1 Å². The summed E-state index contributed by atoms with van der Waals surface area (Å²) in [6.07, 6.45) is 6.38. The van der Waals surface area contributed by atoms with E-state index in [0.717, 1.165) is 32.4 Å². The molecule has 136 valence electrons. The van der Waals surface area contributed by atoms with Crippen LogP contribution in [0.4, 0.5) is 5.13 Å². The molecule has 2 aromatic carbocycles. The zero-order valence-electron chi connectivity index (χ0n) is 14.6. The van der Waals surface area contributed by atoms with Crippen molar-refractivity contribution in [1.82, 2.24) is 9.97 Å². The Morgan fingerprint density at radius 3 is 2.74 bits per heavy atom. The first-order valence-electron chi connectivity index (χ1n) is 8.71. The molecule has 27 heavy (non-hydrogen) atoms. The molecule has 0 amide bonds. The SMILES string of the molecule is N[C@H](CNc1ncc(-c2ccc3cnccc3c2)s1)Cc1ccc(Cl)cc1. The van der Waals surface area contributed by atoms with Crippen molar-refractivity contribution < 1.29 is 0 Å². The van der Waals surface area contributed by atoms with Gasteiger partial charge in [-0.3, -0.25) is 4.98 Å².